The first-order chi connectivity index (χ1) is 11.6. The first kappa shape index (κ1) is 17.8. The standard InChI is InChI=1S/C17H24N2O3S2/c1-2-23-14-5-4-13(24-14)15(21)19-9-7-17(12-19)6-3-8-18(10-11-20)16(17)22/h4-5,20H,2-3,6-12H2,1H3. The van der Waals surface area contributed by atoms with Gasteiger partial charge in [0.2, 0.25) is 5.91 Å². The molecule has 24 heavy (non-hydrogen) atoms. The number of likely N-dealkylation sites (tertiary alicyclic amines) is 2. The van der Waals surface area contributed by atoms with Crippen LogP contribution in [-0.2, 0) is 4.79 Å². The number of piperidine rings is 1. The zero-order valence-electron chi connectivity index (χ0n) is 14.0. The van der Waals surface area contributed by atoms with E-state index in [0.29, 0.717) is 19.6 Å². The van der Waals surface area contributed by atoms with Crippen molar-refractivity contribution in [3.63, 3.8) is 0 Å². The van der Waals surface area contributed by atoms with Crippen molar-refractivity contribution < 1.29 is 14.7 Å². The molecule has 5 nitrogen and oxygen atoms in total. The van der Waals surface area contributed by atoms with Crippen LogP contribution in [0.5, 0.6) is 0 Å². The number of β-amino-alcohol motifs (C(OH)–C–C–N with tert-alkyl or cyclic N) is 1. The van der Waals surface area contributed by atoms with Gasteiger partial charge in [0.25, 0.3) is 5.91 Å². The van der Waals surface area contributed by atoms with E-state index >= 15 is 0 Å². The third-order valence-electron chi connectivity index (χ3n) is 4.91. The first-order valence-corrected chi connectivity index (χ1v) is 10.3. The molecule has 2 aliphatic heterocycles. The van der Waals surface area contributed by atoms with Gasteiger partial charge in [0.05, 0.1) is 21.1 Å². The fourth-order valence-corrected chi connectivity index (χ4v) is 5.73. The van der Waals surface area contributed by atoms with E-state index in [1.807, 2.05) is 17.0 Å². The molecule has 7 heteroatoms. The van der Waals surface area contributed by atoms with Crippen LogP contribution in [0, 0.1) is 5.41 Å². The van der Waals surface area contributed by atoms with Crippen LogP contribution in [-0.4, -0.2) is 65.3 Å². The molecule has 1 aromatic rings. The number of aliphatic hydroxyl groups is 1. The van der Waals surface area contributed by atoms with Gasteiger partial charge >= 0.3 is 0 Å². The van der Waals surface area contributed by atoms with Crippen LogP contribution in [0.1, 0.15) is 35.9 Å². The zero-order chi connectivity index (χ0) is 17.2. The molecule has 0 bridgehead atoms. The smallest absolute Gasteiger partial charge is 0.263 e. The number of nitrogens with zero attached hydrogens (tertiary/aromatic N) is 2. The molecule has 1 unspecified atom stereocenters. The van der Waals surface area contributed by atoms with Crippen LogP contribution >= 0.6 is 23.1 Å². The third-order valence-corrected chi connectivity index (χ3v) is 7.09. The Kier molecular flexibility index (Phi) is 5.52. The molecule has 0 radical (unpaired) electrons. The van der Waals surface area contributed by atoms with E-state index in [9.17, 15) is 9.59 Å². The highest BCUT2D eigenvalue weighted by Crippen LogP contribution is 2.41. The zero-order valence-corrected chi connectivity index (χ0v) is 15.6. The highest BCUT2D eigenvalue weighted by molar-refractivity contribution is 8.01. The SMILES string of the molecule is CCSc1ccc(C(=O)N2CCC3(CCCN(CCO)C3=O)C2)s1. The minimum Gasteiger partial charge on any atom is -0.395 e. The fourth-order valence-electron chi connectivity index (χ4n) is 3.72. The van der Waals surface area contributed by atoms with E-state index in [1.54, 1.807) is 28.0 Å². The summed E-state index contributed by atoms with van der Waals surface area (Å²) < 4.78 is 1.16. The van der Waals surface area contributed by atoms with E-state index in [2.05, 4.69) is 6.92 Å². The Bertz CT molecular complexity index is 617. The second-order valence-corrected chi connectivity index (χ2v) is 9.08. The topological polar surface area (TPSA) is 60.9 Å². The number of hydrogen-bond acceptors (Lipinski definition) is 5. The van der Waals surface area contributed by atoms with Crippen LogP contribution in [0.4, 0.5) is 0 Å². The van der Waals surface area contributed by atoms with E-state index < -0.39 is 5.41 Å². The normalized spacial score (nSPS) is 24.2. The molecule has 132 valence electrons. The number of thioether (sulfide) groups is 1. The van der Waals surface area contributed by atoms with Crippen molar-refractivity contribution >= 4 is 34.9 Å². The van der Waals surface area contributed by atoms with Gasteiger partial charge in [-0.2, -0.15) is 0 Å². The van der Waals surface area contributed by atoms with Crippen molar-refractivity contribution in [2.45, 2.75) is 30.4 Å². The number of carbonyl (C=O) groups is 2. The Morgan fingerprint density at radius 3 is 2.96 bits per heavy atom. The van der Waals surface area contributed by atoms with Gasteiger partial charge in [0.15, 0.2) is 0 Å². The Labute approximate surface area is 151 Å². The van der Waals surface area contributed by atoms with Gasteiger partial charge in [-0.05, 0) is 37.1 Å². The lowest BCUT2D eigenvalue weighted by atomic mass is 9.78. The van der Waals surface area contributed by atoms with Crippen LogP contribution in [0.15, 0.2) is 16.3 Å². The fraction of sp³-hybridized carbons (Fsp3) is 0.647. The molecule has 1 N–H and O–H groups in total. The average molecular weight is 369 g/mol. The molecule has 0 aliphatic carbocycles. The number of thiophene rings is 1. The van der Waals surface area contributed by atoms with Gasteiger partial charge < -0.3 is 14.9 Å². The predicted octanol–water partition coefficient (Wildman–Crippen LogP) is 2.31. The van der Waals surface area contributed by atoms with Crippen molar-refractivity contribution in [1.29, 1.82) is 0 Å². The third kappa shape index (κ3) is 3.34. The van der Waals surface area contributed by atoms with Gasteiger partial charge in [0.1, 0.15) is 0 Å². The number of aliphatic hydroxyl groups excluding tert-OH is 1. The minimum absolute atomic E-state index is 0.00245. The quantitative estimate of drug-likeness (QED) is 0.810. The molecule has 3 rings (SSSR count). The summed E-state index contributed by atoms with van der Waals surface area (Å²) in [6.45, 7) is 4.38. The Morgan fingerprint density at radius 1 is 1.38 bits per heavy atom. The monoisotopic (exact) mass is 368 g/mol. The summed E-state index contributed by atoms with van der Waals surface area (Å²) in [5.41, 5.74) is -0.429. The van der Waals surface area contributed by atoms with Crippen LogP contribution in [0.25, 0.3) is 0 Å². The Hall–Kier alpha value is -1.05. The summed E-state index contributed by atoms with van der Waals surface area (Å²) >= 11 is 3.29. The molecule has 3 heterocycles. The summed E-state index contributed by atoms with van der Waals surface area (Å²) in [6, 6.07) is 3.91. The maximum Gasteiger partial charge on any atom is 0.263 e. The van der Waals surface area contributed by atoms with Gasteiger partial charge in [-0.3, -0.25) is 9.59 Å². The largest absolute Gasteiger partial charge is 0.395 e. The number of hydrogen-bond donors (Lipinski definition) is 1. The lowest BCUT2D eigenvalue weighted by Gasteiger charge is -2.39. The van der Waals surface area contributed by atoms with Crippen molar-refractivity contribution in [2.24, 2.45) is 5.41 Å². The van der Waals surface area contributed by atoms with E-state index in [0.717, 1.165) is 40.6 Å². The maximum absolute atomic E-state index is 12.8. The Balaban J connectivity index is 1.69. The molecular weight excluding hydrogens is 344 g/mol. The van der Waals surface area contributed by atoms with E-state index in [-0.39, 0.29) is 18.4 Å². The predicted molar refractivity (Wildman–Crippen MR) is 96.6 cm³/mol. The Morgan fingerprint density at radius 2 is 2.21 bits per heavy atom. The second kappa shape index (κ2) is 7.45. The first-order valence-electron chi connectivity index (χ1n) is 8.52. The van der Waals surface area contributed by atoms with Gasteiger partial charge in [-0.25, -0.2) is 0 Å². The minimum atomic E-state index is -0.429. The van der Waals surface area contributed by atoms with Crippen molar-refractivity contribution in [2.75, 3.05) is 38.5 Å². The highest BCUT2D eigenvalue weighted by atomic mass is 32.2. The summed E-state index contributed by atoms with van der Waals surface area (Å²) in [4.78, 5) is 29.9. The van der Waals surface area contributed by atoms with Crippen molar-refractivity contribution in [1.82, 2.24) is 9.80 Å². The molecule has 0 aromatic carbocycles. The van der Waals surface area contributed by atoms with E-state index in [4.69, 9.17) is 5.11 Å². The van der Waals surface area contributed by atoms with Crippen LogP contribution in [0.3, 0.4) is 0 Å². The summed E-state index contributed by atoms with van der Waals surface area (Å²) in [6.07, 6.45) is 2.53. The number of carbonyl (C=O) groups excluding carboxylic acids is 2. The highest BCUT2D eigenvalue weighted by Gasteiger charge is 2.49. The molecule has 2 aliphatic rings. The lowest BCUT2D eigenvalue weighted by molar-refractivity contribution is -0.146. The maximum atomic E-state index is 12.8. The summed E-state index contributed by atoms with van der Waals surface area (Å²) in [7, 11) is 0. The second-order valence-electron chi connectivity index (χ2n) is 6.43. The molecule has 2 saturated heterocycles. The van der Waals surface area contributed by atoms with Gasteiger partial charge in [-0.15, -0.1) is 23.1 Å². The number of amides is 2. The van der Waals surface area contributed by atoms with Crippen LogP contribution < -0.4 is 0 Å². The number of rotatable bonds is 5. The molecule has 0 saturated carbocycles. The van der Waals surface area contributed by atoms with Crippen LogP contribution in [0.2, 0.25) is 0 Å². The molecule has 2 amide bonds. The average Bonchev–Trinajstić information content (AvgIpc) is 3.20. The molecule has 1 atom stereocenters. The molecule has 1 spiro atoms. The lowest BCUT2D eigenvalue weighted by Crippen LogP contribution is -2.51. The van der Waals surface area contributed by atoms with Gasteiger partial charge in [0, 0.05) is 26.2 Å². The van der Waals surface area contributed by atoms with Gasteiger partial charge in [-0.1, -0.05) is 6.92 Å². The molecule has 1 aromatic heterocycles. The molecule has 2 fully saturated rings. The van der Waals surface area contributed by atoms with Crippen molar-refractivity contribution in [3.8, 4) is 0 Å². The summed E-state index contributed by atoms with van der Waals surface area (Å²) in [5, 5.41) is 9.14. The van der Waals surface area contributed by atoms with Crippen molar-refractivity contribution in [3.05, 3.63) is 17.0 Å². The van der Waals surface area contributed by atoms with E-state index in [1.165, 1.54) is 0 Å². The molecular formula is C17H24N2O3S2. The summed E-state index contributed by atoms with van der Waals surface area (Å²) in [5.74, 6) is 1.16.